The van der Waals surface area contributed by atoms with Crippen LogP contribution in [0.1, 0.15) is 17.0 Å². The average Bonchev–Trinajstić information content (AvgIpc) is 3.20. The van der Waals surface area contributed by atoms with Crippen LogP contribution in [-0.4, -0.2) is 21.0 Å². The molecule has 2 heterocycles. The maximum atomic E-state index is 12.5. The van der Waals surface area contributed by atoms with Crippen LogP contribution in [0, 0.1) is 0 Å². The molecule has 0 atom stereocenters. The third-order valence-corrected chi connectivity index (χ3v) is 4.70. The molecule has 0 saturated heterocycles. The highest BCUT2D eigenvalue weighted by Crippen LogP contribution is 2.22. The maximum absolute atomic E-state index is 12.5. The van der Waals surface area contributed by atoms with Crippen molar-refractivity contribution in [1.29, 1.82) is 0 Å². The minimum atomic E-state index is -0.146. The largest absolute Gasteiger partial charge is 0.339 e. The molecule has 4 rings (SSSR count). The van der Waals surface area contributed by atoms with Crippen molar-refractivity contribution in [1.82, 2.24) is 15.1 Å². The van der Waals surface area contributed by atoms with Crippen molar-refractivity contribution in [2.75, 3.05) is 5.32 Å². The van der Waals surface area contributed by atoms with Crippen LogP contribution in [0.5, 0.6) is 0 Å². The van der Waals surface area contributed by atoms with E-state index in [0.717, 1.165) is 16.7 Å². The average molecular weight is 405 g/mol. The molecule has 0 aliphatic rings. The number of nitrogens with zero attached hydrogens (tertiary/aromatic N) is 3. The van der Waals surface area contributed by atoms with E-state index in [9.17, 15) is 4.79 Å². The summed E-state index contributed by atoms with van der Waals surface area (Å²) in [7, 11) is 0. The molecular weight excluding hydrogens is 388 g/mol. The molecule has 4 aromatic rings. The number of benzene rings is 2. The number of carbonyl (C=O) groups is 1. The Morgan fingerprint density at radius 1 is 1.00 bits per heavy atom. The Kier molecular flexibility index (Phi) is 5.63. The Hall–Kier alpha value is -3.51. The number of pyridine rings is 1. The van der Waals surface area contributed by atoms with Crippen LogP contribution in [0.4, 0.5) is 5.69 Å². The van der Waals surface area contributed by atoms with Gasteiger partial charge in [0.05, 0.1) is 12.8 Å². The number of carbonyl (C=O) groups excluding carboxylic acids is 1. The number of nitrogens with one attached hydrogen (secondary N) is 1. The van der Waals surface area contributed by atoms with Gasteiger partial charge in [-0.3, -0.25) is 9.78 Å². The van der Waals surface area contributed by atoms with Gasteiger partial charge < -0.3 is 9.84 Å². The topological polar surface area (TPSA) is 80.9 Å². The second kappa shape index (κ2) is 8.67. The standard InChI is InChI=1S/C22H17ClN4O2/c23-18-9-3-1-6-15(18)12-20(28)25-19-10-4-2-7-16(19)13-21-26-22(27-29-21)17-8-5-11-24-14-17/h1-11,14H,12-13H2,(H,25,28). The summed E-state index contributed by atoms with van der Waals surface area (Å²) in [6.45, 7) is 0. The fourth-order valence-corrected chi connectivity index (χ4v) is 3.11. The number of rotatable bonds is 6. The SMILES string of the molecule is O=C(Cc1ccccc1Cl)Nc1ccccc1Cc1nc(-c2cccnc2)no1. The van der Waals surface area contributed by atoms with E-state index in [4.69, 9.17) is 16.1 Å². The van der Waals surface area contributed by atoms with Crippen LogP contribution in [0.25, 0.3) is 11.4 Å². The van der Waals surface area contributed by atoms with Crippen molar-refractivity contribution in [2.45, 2.75) is 12.8 Å². The molecule has 0 radical (unpaired) electrons. The van der Waals surface area contributed by atoms with Gasteiger partial charge in [-0.05, 0) is 35.4 Å². The molecular formula is C22H17ClN4O2. The lowest BCUT2D eigenvalue weighted by Crippen LogP contribution is -2.16. The molecule has 144 valence electrons. The first kappa shape index (κ1) is 18.8. The second-order valence-electron chi connectivity index (χ2n) is 6.40. The quantitative estimate of drug-likeness (QED) is 0.509. The third-order valence-electron chi connectivity index (χ3n) is 4.33. The van der Waals surface area contributed by atoms with Crippen molar-refractivity contribution < 1.29 is 9.32 Å². The van der Waals surface area contributed by atoms with Crippen molar-refractivity contribution in [2.24, 2.45) is 0 Å². The van der Waals surface area contributed by atoms with Crippen LogP contribution in [0.15, 0.2) is 77.6 Å². The molecule has 0 unspecified atom stereocenters. The van der Waals surface area contributed by atoms with Crippen LogP contribution in [0.2, 0.25) is 5.02 Å². The van der Waals surface area contributed by atoms with Crippen LogP contribution in [-0.2, 0) is 17.6 Å². The monoisotopic (exact) mass is 404 g/mol. The van der Waals surface area contributed by atoms with E-state index in [1.54, 1.807) is 18.5 Å². The number of aromatic nitrogens is 3. The molecule has 2 aromatic heterocycles. The molecule has 0 aliphatic carbocycles. The van der Waals surface area contributed by atoms with Gasteiger partial charge in [0.1, 0.15) is 0 Å². The first-order chi connectivity index (χ1) is 14.2. The Balaban J connectivity index is 1.48. The zero-order valence-electron chi connectivity index (χ0n) is 15.4. The van der Waals surface area contributed by atoms with Crippen molar-refractivity contribution >= 4 is 23.2 Å². The van der Waals surface area contributed by atoms with Gasteiger partial charge in [-0.1, -0.05) is 53.2 Å². The first-order valence-corrected chi connectivity index (χ1v) is 9.41. The van der Waals surface area contributed by atoms with Crippen molar-refractivity contribution in [3.05, 3.63) is 95.1 Å². The molecule has 2 aromatic carbocycles. The van der Waals surface area contributed by atoms with E-state index < -0.39 is 0 Å². The molecule has 0 aliphatic heterocycles. The highest BCUT2D eigenvalue weighted by molar-refractivity contribution is 6.31. The van der Waals surface area contributed by atoms with Gasteiger partial charge in [0.2, 0.25) is 17.6 Å². The Morgan fingerprint density at radius 2 is 1.79 bits per heavy atom. The van der Waals surface area contributed by atoms with E-state index in [2.05, 4.69) is 20.4 Å². The van der Waals surface area contributed by atoms with Gasteiger partial charge in [-0.2, -0.15) is 4.98 Å². The van der Waals surface area contributed by atoms with E-state index in [1.165, 1.54) is 0 Å². The van der Waals surface area contributed by atoms with Gasteiger partial charge >= 0.3 is 0 Å². The first-order valence-electron chi connectivity index (χ1n) is 9.03. The smallest absolute Gasteiger partial charge is 0.231 e. The van der Waals surface area contributed by atoms with Gasteiger partial charge in [0.25, 0.3) is 0 Å². The number of para-hydroxylation sites is 1. The van der Waals surface area contributed by atoms with E-state index >= 15 is 0 Å². The van der Waals surface area contributed by atoms with Crippen LogP contribution >= 0.6 is 11.6 Å². The minimum absolute atomic E-state index is 0.146. The zero-order chi connectivity index (χ0) is 20.1. The lowest BCUT2D eigenvalue weighted by atomic mass is 10.1. The lowest BCUT2D eigenvalue weighted by Gasteiger charge is -2.10. The Labute approximate surface area is 172 Å². The Bertz CT molecular complexity index is 1130. The molecule has 1 N–H and O–H groups in total. The van der Waals surface area contributed by atoms with Crippen LogP contribution < -0.4 is 5.32 Å². The second-order valence-corrected chi connectivity index (χ2v) is 6.81. The Morgan fingerprint density at radius 3 is 2.59 bits per heavy atom. The molecule has 6 nitrogen and oxygen atoms in total. The third kappa shape index (κ3) is 4.67. The minimum Gasteiger partial charge on any atom is -0.339 e. The molecule has 7 heteroatoms. The number of hydrogen-bond donors (Lipinski definition) is 1. The summed E-state index contributed by atoms with van der Waals surface area (Å²) in [5.41, 5.74) is 3.14. The summed E-state index contributed by atoms with van der Waals surface area (Å²) in [6, 6.07) is 18.5. The molecule has 1 amide bonds. The number of amides is 1. The van der Waals surface area contributed by atoms with Crippen LogP contribution in [0.3, 0.4) is 0 Å². The summed E-state index contributed by atoms with van der Waals surface area (Å²) in [4.78, 5) is 21.0. The molecule has 0 fully saturated rings. The van der Waals surface area contributed by atoms with E-state index in [0.29, 0.717) is 28.8 Å². The number of hydrogen-bond acceptors (Lipinski definition) is 5. The summed E-state index contributed by atoms with van der Waals surface area (Å²) >= 11 is 6.15. The molecule has 0 saturated carbocycles. The summed E-state index contributed by atoms with van der Waals surface area (Å²) in [5, 5.41) is 7.53. The summed E-state index contributed by atoms with van der Waals surface area (Å²) in [5.74, 6) is 0.789. The lowest BCUT2D eigenvalue weighted by molar-refractivity contribution is -0.115. The summed E-state index contributed by atoms with van der Waals surface area (Å²) in [6.07, 6.45) is 3.96. The van der Waals surface area contributed by atoms with Crippen molar-refractivity contribution in [3.63, 3.8) is 0 Å². The van der Waals surface area contributed by atoms with Gasteiger partial charge in [-0.25, -0.2) is 0 Å². The fraction of sp³-hybridized carbons (Fsp3) is 0.0909. The highest BCUT2D eigenvalue weighted by atomic mass is 35.5. The predicted molar refractivity (Wildman–Crippen MR) is 111 cm³/mol. The fourth-order valence-electron chi connectivity index (χ4n) is 2.91. The predicted octanol–water partition coefficient (Wildman–Crippen LogP) is 4.56. The number of anilines is 1. The van der Waals surface area contributed by atoms with Gasteiger partial charge in [0, 0.05) is 28.7 Å². The van der Waals surface area contributed by atoms with E-state index in [-0.39, 0.29) is 12.3 Å². The summed E-state index contributed by atoms with van der Waals surface area (Å²) < 4.78 is 5.38. The zero-order valence-corrected chi connectivity index (χ0v) is 16.1. The molecule has 29 heavy (non-hydrogen) atoms. The maximum Gasteiger partial charge on any atom is 0.231 e. The van der Waals surface area contributed by atoms with Gasteiger partial charge in [0.15, 0.2) is 0 Å². The highest BCUT2D eigenvalue weighted by Gasteiger charge is 2.13. The normalized spacial score (nSPS) is 10.7. The molecule has 0 bridgehead atoms. The molecule has 0 spiro atoms. The van der Waals surface area contributed by atoms with Crippen molar-refractivity contribution in [3.8, 4) is 11.4 Å². The van der Waals surface area contributed by atoms with Gasteiger partial charge in [-0.15, -0.1) is 0 Å². The number of halogens is 1. The van der Waals surface area contributed by atoms with E-state index in [1.807, 2.05) is 54.6 Å².